The van der Waals surface area contributed by atoms with Crippen LogP contribution < -0.4 is 5.32 Å². The average Bonchev–Trinajstić information content (AvgIpc) is 3.35. The van der Waals surface area contributed by atoms with Gasteiger partial charge in [-0.05, 0) is 43.7 Å². The topological polar surface area (TPSA) is 84.8 Å². The lowest BCUT2D eigenvalue weighted by Gasteiger charge is -2.07. The smallest absolute Gasteiger partial charge is 0.411 e. The summed E-state index contributed by atoms with van der Waals surface area (Å²) in [6.45, 7) is 4.94. The lowest BCUT2D eigenvalue weighted by molar-refractivity contribution is 0.168. The van der Waals surface area contributed by atoms with Gasteiger partial charge in [0.05, 0.1) is 6.61 Å². The van der Waals surface area contributed by atoms with E-state index in [9.17, 15) is 4.79 Å². The van der Waals surface area contributed by atoms with Crippen molar-refractivity contribution in [1.29, 1.82) is 0 Å². The molecule has 0 saturated carbocycles. The molecule has 142 valence electrons. The van der Waals surface area contributed by atoms with Crippen molar-refractivity contribution in [2.24, 2.45) is 0 Å². The van der Waals surface area contributed by atoms with Crippen molar-refractivity contribution in [3.05, 3.63) is 55.0 Å². The van der Waals surface area contributed by atoms with Crippen molar-refractivity contribution >= 4 is 22.8 Å². The summed E-state index contributed by atoms with van der Waals surface area (Å²) in [5.74, 6) is 0. The number of rotatable bonds is 5. The maximum absolute atomic E-state index is 11.6. The van der Waals surface area contributed by atoms with E-state index < -0.39 is 6.09 Å². The SMILES string of the molecule is CCOC(=O)Nc1ccc(-c2nn(CC)cc2-c2ccnc3[nH]ccc23)cc1. The summed E-state index contributed by atoms with van der Waals surface area (Å²) in [5, 5.41) is 8.52. The first kappa shape index (κ1) is 17.8. The van der Waals surface area contributed by atoms with Crippen LogP contribution in [0.25, 0.3) is 33.4 Å². The second kappa shape index (κ2) is 7.56. The Bertz CT molecular complexity index is 1110. The van der Waals surface area contributed by atoms with Crippen LogP contribution in [0.1, 0.15) is 13.8 Å². The Labute approximate surface area is 162 Å². The Balaban J connectivity index is 1.73. The van der Waals surface area contributed by atoms with Crippen LogP contribution in [0.4, 0.5) is 10.5 Å². The van der Waals surface area contributed by atoms with E-state index in [4.69, 9.17) is 9.84 Å². The molecule has 0 aliphatic heterocycles. The van der Waals surface area contributed by atoms with Gasteiger partial charge in [-0.15, -0.1) is 0 Å². The van der Waals surface area contributed by atoms with E-state index in [1.54, 1.807) is 13.1 Å². The number of amides is 1. The van der Waals surface area contributed by atoms with Gasteiger partial charge in [0.25, 0.3) is 0 Å². The maximum Gasteiger partial charge on any atom is 0.411 e. The van der Waals surface area contributed by atoms with Crippen molar-refractivity contribution in [1.82, 2.24) is 19.7 Å². The molecule has 4 rings (SSSR count). The average molecular weight is 375 g/mol. The van der Waals surface area contributed by atoms with Crippen molar-refractivity contribution in [3.8, 4) is 22.4 Å². The Hall–Kier alpha value is -3.61. The van der Waals surface area contributed by atoms with Crippen LogP contribution >= 0.6 is 0 Å². The van der Waals surface area contributed by atoms with Crippen LogP contribution in [0.2, 0.25) is 0 Å². The lowest BCUT2D eigenvalue weighted by Crippen LogP contribution is -2.13. The highest BCUT2D eigenvalue weighted by Crippen LogP contribution is 2.35. The Morgan fingerprint density at radius 1 is 1.14 bits per heavy atom. The zero-order valence-electron chi connectivity index (χ0n) is 15.8. The fourth-order valence-electron chi connectivity index (χ4n) is 3.19. The number of aromatic nitrogens is 4. The number of carbonyl (C=O) groups is 1. The zero-order chi connectivity index (χ0) is 19.5. The number of aromatic amines is 1. The standard InChI is InChI=1S/C21H21N5O2/c1-3-26-13-18(16-9-11-22-20-17(16)10-12-23-20)19(25-26)14-5-7-15(8-6-14)24-21(27)28-4-2/h5-13H,3-4H2,1-2H3,(H,22,23)(H,24,27). The van der Waals surface area contributed by atoms with Gasteiger partial charge >= 0.3 is 6.09 Å². The molecule has 0 aliphatic carbocycles. The number of nitrogens with zero attached hydrogens (tertiary/aromatic N) is 3. The molecule has 0 radical (unpaired) electrons. The highest BCUT2D eigenvalue weighted by molar-refractivity contribution is 5.97. The van der Waals surface area contributed by atoms with Crippen molar-refractivity contribution in [2.75, 3.05) is 11.9 Å². The molecule has 1 aromatic carbocycles. The third kappa shape index (κ3) is 3.34. The minimum absolute atomic E-state index is 0.335. The van der Waals surface area contributed by atoms with Crippen LogP contribution in [-0.4, -0.2) is 32.4 Å². The maximum atomic E-state index is 11.6. The van der Waals surface area contributed by atoms with Gasteiger partial charge in [0.1, 0.15) is 11.3 Å². The Morgan fingerprint density at radius 3 is 2.71 bits per heavy atom. The molecule has 4 aromatic rings. The molecule has 3 heterocycles. The van der Waals surface area contributed by atoms with Crippen molar-refractivity contribution in [2.45, 2.75) is 20.4 Å². The molecule has 0 unspecified atom stereocenters. The molecule has 7 nitrogen and oxygen atoms in total. The first-order valence-corrected chi connectivity index (χ1v) is 9.23. The van der Waals surface area contributed by atoms with E-state index in [2.05, 4.69) is 28.4 Å². The molecule has 2 N–H and O–H groups in total. The summed E-state index contributed by atoms with van der Waals surface area (Å²) in [7, 11) is 0. The lowest BCUT2D eigenvalue weighted by atomic mass is 10.0. The number of ether oxygens (including phenoxy) is 1. The van der Waals surface area contributed by atoms with Gasteiger partial charge in [0, 0.05) is 47.3 Å². The molecular formula is C21H21N5O2. The highest BCUT2D eigenvalue weighted by Gasteiger charge is 2.16. The summed E-state index contributed by atoms with van der Waals surface area (Å²) in [4.78, 5) is 19.1. The first-order chi connectivity index (χ1) is 13.7. The molecule has 3 aromatic heterocycles. The van der Waals surface area contributed by atoms with Gasteiger partial charge in [0.2, 0.25) is 0 Å². The number of hydrogen-bond donors (Lipinski definition) is 2. The molecule has 1 amide bonds. The molecule has 28 heavy (non-hydrogen) atoms. The summed E-state index contributed by atoms with van der Waals surface area (Å²) >= 11 is 0. The Kier molecular flexibility index (Phi) is 4.80. The van der Waals surface area contributed by atoms with Crippen LogP contribution in [0.15, 0.2) is 55.0 Å². The normalized spacial score (nSPS) is 10.9. The van der Waals surface area contributed by atoms with Crippen LogP contribution in [0.3, 0.4) is 0 Å². The fourth-order valence-corrected chi connectivity index (χ4v) is 3.19. The quantitative estimate of drug-likeness (QED) is 0.530. The second-order valence-corrected chi connectivity index (χ2v) is 6.27. The second-order valence-electron chi connectivity index (χ2n) is 6.27. The summed E-state index contributed by atoms with van der Waals surface area (Å²) in [6.07, 6.45) is 5.29. The molecule has 0 fully saturated rings. The van der Waals surface area contributed by atoms with E-state index >= 15 is 0 Å². The number of aryl methyl sites for hydroxylation is 1. The third-order valence-corrected chi connectivity index (χ3v) is 4.52. The van der Waals surface area contributed by atoms with Gasteiger partial charge in [-0.1, -0.05) is 12.1 Å². The number of H-pyrrole nitrogens is 1. The van der Waals surface area contributed by atoms with E-state index in [-0.39, 0.29) is 0 Å². The number of benzene rings is 1. The van der Waals surface area contributed by atoms with Gasteiger partial charge in [-0.2, -0.15) is 5.10 Å². The molecule has 0 bridgehead atoms. The molecule has 0 atom stereocenters. The summed E-state index contributed by atoms with van der Waals surface area (Å²) in [6, 6.07) is 11.6. The van der Waals surface area contributed by atoms with E-state index in [1.807, 2.05) is 47.3 Å². The zero-order valence-corrected chi connectivity index (χ0v) is 15.8. The van der Waals surface area contributed by atoms with E-state index in [0.29, 0.717) is 12.3 Å². The minimum Gasteiger partial charge on any atom is -0.450 e. The van der Waals surface area contributed by atoms with Crippen LogP contribution in [0.5, 0.6) is 0 Å². The predicted molar refractivity (Wildman–Crippen MR) is 109 cm³/mol. The van der Waals surface area contributed by atoms with Gasteiger partial charge < -0.3 is 9.72 Å². The summed E-state index contributed by atoms with van der Waals surface area (Å²) < 4.78 is 6.84. The molecule has 0 aliphatic rings. The number of carbonyl (C=O) groups excluding carboxylic acids is 1. The summed E-state index contributed by atoms with van der Waals surface area (Å²) in [5.41, 5.74) is 5.50. The molecule has 0 spiro atoms. The number of hydrogen-bond acceptors (Lipinski definition) is 4. The number of nitrogens with one attached hydrogen (secondary N) is 2. The number of pyridine rings is 1. The van der Waals surface area contributed by atoms with Crippen molar-refractivity contribution in [3.63, 3.8) is 0 Å². The molecule has 7 heteroatoms. The van der Waals surface area contributed by atoms with Crippen LogP contribution in [0, 0.1) is 0 Å². The predicted octanol–water partition coefficient (Wildman–Crippen LogP) is 4.68. The van der Waals surface area contributed by atoms with Gasteiger partial charge in [0.15, 0.2) is 0 Å². The van der Waals surface area contributed by atoms with Crippen LogP contribution in [-0.2, 0) is 11.3 Å². The molecule has 0 saturated heterocycles. The van der Waals surface area contributed by atoms with Crippen molar-refractivity contribution < 1.29 is 9.53 Å². The van der Waals surface area contributed by atoms with Gasteiger partial charge in [-0.3, -0.25) is 10.00 Å². The fraction of sp³-hybridized carbons (Fsp3) is 0.190. The number of fused-ring (bicyclic) bond motifs is 1. The largest absolute Gasteiger partial charge is 0.450 e. The first-order valence-electron chi connectivity index (χ1n) is 9.23. The van der Waals surface area contributed by atoms with E-state index in [1.165, 1.54) is 0 Å². The van der Waals surface area contributed by atoms with Gasteiger partial charge in [-0.25, -0.2) is 9.78 Å². The monoisotopic (exact) mass is 375 g/mol. The third-order valence-electron chi connectivity index (χ3n) is 4.52. The Morgan fingerprint density at radius 2 is 1.96 bits per heavy atom. The molecular weight excluding hydrogens is 354 g/mol. The highest BCUT2D eigenvalue weighted by atomic mass is 16.5. The van der Waals surface area contributed by atoms with E-state index in [0.717, 1.165) is 40.0 Å². The minimum atomic E-state index is -0.460. The number of anilines is 1.